The molecule has 3 heterocycles. The van der Waals surface area contributed by atoms with E-state index >= 15 is 4.79 Å². The van der Waals surface area contributed by atoms with E-state index in [-0.39, 0.29) is 48.3 Å². The van der Waals surface area contributed by atoms with E-state index in [4.69, 9.17) is 23.4 Å². The lowest BCUT2D eigenvalue weighted by Gasteiger charge is -2.55. The van der Waals surface area contributed by atoms with Crippen LogP contribution in [0.25, 0.3) is 0 Å². The number of amides is 2. The smallest absolute Gasteiger partial charge is 0.411 e. The third-order valence-corrected chi connectivity index (χ3v) is 18.4. The quantitative estimate of drug-likeness (QED) is 0.128. The Balaban J connectivity index is 1.54. The Morgan fingerprint density at radius 3 is 1.95 bits per heavy atom. The molecule has 0 aliphatic carbocycles. The molecule has 0 spiro atoms. The number of hydrogen-bond donors (Lipinski definition) is 1. The molecule has 296 valence electrons. The summed E-state index contributed by atoms with van der Waals surface area (Å²) in [4.78, 5) is 32.7. The number of methoxy groups -OCH3 is 2. The summed E-state index contributed by atoms with van der Waals surface area (Å²) in [6.45, 7) is 19.9. The van der Waals surface area contributed by atoms with Crippen molar-refractivity contribution in [2.24, 2.45) is 5.92 Å². The Morgan fingerprint density at radius 1 is 0.855 bits per heavy atom. The van der Waals surface area contributed by atoms with Gasteiger partial charge in [-0.2, -0.15) is 0 Å². The van der Waals surface area contributed by atoms with Crippen LogP contribution in [0.2, 0.25) is 16.6 Å². The van der Waals surface area contributed by atoms with Crippen LogP contribution in [0, 0.1) is 12.8 Å². The standard InChI is InChI=1S/C44H58N2O8Si/c1-11-32-22-33-43(48)45-34(25-54-55(26(2)3,27(4)5)28(6)7)35-36(39(47)38(45)37(32)46(33)44(49)53-24-31-20-16-13-17-21-31)40(50-9)29(8)41(51-10)42(35)52-23-30-18-14-12-15-19-30/h11-21,26-28,32-34,37-39,47H,1,22-25H2,2-10H3/t32-,33+,34+,37-,38-,39+/m1/s1. The van der Waals surface area contributed by atoms with Gasteiger partial charge in [-0.05, 0) is 41.1 Å². The topological polar surface area (TPSA) is 107 Å². The highest BCUT2D eigenvalue weighted by molar-refractivity contribution is 6.77. The number of hydrogen-bond acceptors (Lipinski definition) is 8. The van der Waals surface area contributed by atoms with Crippen LogP contribution in [-0.2, 0) is 27.2 Å². The molecule has 3 aromatic rings. The van der Waals surface area contributed by atoms with E-state index in [2.05, 4.69) is 48.1 Å². The minimum absolute atomic E-state index is 0.0556. The molecular weight excluding hydrogens is 713 g/mol. The van der Waals surface area contributed by atoms with Gasteiger partial charge < -0.3 is 33.4 Å². The molecule has 2 amide bonds. The maximum atomic E-state index is 15.2. The molecule has 0 unspecified atom stereocenters. The Hall–Kier alpha value is -4.32. The summed E-state index contributed by atoms with van der Waals surface area (Å²) in [5.74, 6) is 0.767. The van der Waals surface area contributed by atoms with Gasteiger partial charge in [0.05, 0.1) is 39.0 Å². The predicted molar refractivity (Wildman–Crippen MR) is 215 cm³/mol. The highest BCUT2D eigenvalue weighted by atomic mass is 28.4. The van der Waals surface area contributed by atoms with Gasteiger partial charge in [0.2, 0.25) is 5.91 Å². The number of benzene rings is 3. The summed E-state index contributed by atoms with van der Waals surface area (Å²) in [7, 11) is 0.672. The summed E-state index contributed by atoms with van der Waals surface area (Å²) in [6, 6.07) is 16.3. The van der Waals surface area contributed by atoms with Gasteiger partial charge in [-0.15, -0.1) is 6.58 Å². The van der Waals surface area contributed by atoms with Crippen LogP contribution in [0.5, 0.6) is 17.2 Å². The molecule has 0 aromatic heterocycles. The number of aliphatic hydroxyl groups is 1. The average molecular weight is 771 g/mol. The van der Waals surface area contributed by atoms with Crippen molar-refractivity contribution in [3.05, 3.63) is 101 Å². The zero-order valence-corrected chi connectivity index (χ0v) is 34.8. The molecule has 6 rings (SSSR count). The van der Waals surface area contributed by atoms with Gasteiger partial charge in [-0.25, -0.2) is 4.79 Å². The number of ether oxygens (including phenoxy) is 4. The molecule has 3 aliphatic heterocycles. The SMILES string of the molecule is C=C[C@@H]1C[C@H]2C(=O)N3[C@H]([C@@H]1N2C(=O)OCc1ccccc1)[C@@H](O)c1c(OC)c(C)c(OC)c(OCc2ccccc2)c1[C@@H]3CO[Si](C(C)C)(C(C)C)C(C)C. The number of piperazine rings is 1. The zero-order chi connectivity index (χ0) is 39.8. The van der Waals surface area contributed by atoms with Gasteiger partial charge in [0.1, 0.15) is 31.1 Å². The number of nitrogens with zero attached hydrogens (tertiary/aromatic N) is 2. The second-order valence-electron chi connectivity index (χ2n) is 16.0. The first-order valence-electron chi connectivity index (χ1n) is 19.5. The summed E-state index contributed by atoms with van der Waals surface area (Å²) in [6.07, 6.45) is 0.284. The highest BCUT2D eigenvalue weighted by Crippen LogP contribution is 2.58. The van der Waals surface area contributed by atoms with Crippen molar-refractivity contribution in [3.8, 4) is 17.2 Å². The maximum Gasteiger partial charge on any atom is 0.411 e. The normalized spacial score (nSPS) is 23.2. The van der Waals surface area contributed by atoms with E-state index in [1.807, 2.05) is 67.6 Å². The second kappa shape index (κ2) is 16.4. The molecule has 0 saturated carbocycles. The zero-order valence-electron chi connectivity index (χ0n) is 33.8. The van der Waals surface area contributed by atoms with Gasteiger partial charge in [0.25, 0.3) is 0 Å². The number of carbonyl (C=O) groups is 2. The van der Waals surface area contributed by atoms with E-state index in [0.717, 1.165) is 11.1 Å². The van der Waals surface area contributed by atoms with Gasteiger partial charge in [-0.3, -0.25) is 9.69 Å². The third kappa shape index (κ3) is 6.93. The monoisotopic (exact) mass is 770 g/mol. The molecule has 2 bridgehead atoms. The van der Waals surface area contributed by atoms with Crippen molar-refractivity contribution < 1.29 is 38.1 Å². The predicted octanol–water partition coefficient (Wildman–Crippen LogP) is 8.66. The second-order valence-corrected chi connectivity index (χ2v) is 21.5. The lowest BCUT2D eigenvalue weighted by atomic mass is 9.78. The molecule has 2 saturated heterocycles. The summed E-state index contributed by atoms with van der Waals surface area (Å²) >= 11 is 0. The first kappa shape index (κ1) is 40.3. The minimum atomic E-state index is -2.49. The van der Waals surface area contributed by atoms with Crippen molar-refractivity contribution in [2.75, 3.05) is 20.8 Å². The Morgan fingerprint density at radius 2 is 1.42 bits per heavy atom. The van der Waals surface area contributed by atoms with Crippen molar-refractivity contribution in [1.29, 1.82) is 0 Å². The van der Waals surface area contributed by atoms with Crippen molar-refractivity contribution in [2.45, 2.75) is 115 Å². The summed E-state index contributed by atoms with van der Waals surface area (Å²) < 4.78 is 32.2. The van der Waals surface area contributed by atoms with Crippen LogP contribution in [0.3, 0.4) is 0 Å². The van der Waals surface area contributed by atoms with E-state index in [9.17, 15) is 9.90 Å². The largest absolute Gasteiger partial charge is 0.496 e. The Labute approximate surface area is 327 Å². The van der Waals surface area contributed by atoms with Crippen molar-refractivity contribution in [3.63, 3.8) is 0 Å². The minimum Gasteiger partial charge on any atom is -0.496 e. The van der Waals surface area contributed by atoms with Gasteiger partial charge >= 0.3 is 6.09 Å². The van der Waals surface area contributed by atoms with Crippen LogP contribution in [-0.4, -0.2) is 74.2 Å². The van der Waals surface area contributed by atoms with Crippen LogP contribution in [0.1, 0.15) is 87.9 Å². The van der Waals surface area contributed by atoms with Crippen LogP contribution < -0.4 is 14.2 Å². The molecule has 0 radical (unpaired) electrons. The molecular formula is C44H58N2O8Si. The van der Waals surface area contributed by atoms with Crippen LogP contribution in [0.15, 0.2) is 73.3 Å². The fourth-order valence-corrected chi connectivity index (χ4v) is 15.5. The third-order valence-electron chi connectivity index (χ3n) is 12.3. The first-order valence-corrected chi connectivity index (χ1v) is 21.7. The average Bonchev–Trinajstić information content (AvgIpc) is 3.50. The van der Waals surface area contributed by atoms with E-state index in [1.165, 1.54) is 0 Å². The van der Waals surface area contributed by atoms with Gasteiger partial charge in [-0.1, -0.05) is 108 Å². The molecule has 10 nitrogen and oxygen atoms in total. The van der Waals surface area contributed by atoms with Crippen molar-refractivity contribution in [1.82, 2.24) is 9.80 Å². The Kier molecular flexibility index (Phi) is 12.0. The molecule has 1 N–H and O–H groups in total. The molecule has 55 heavy (non-hydrogen) atoms. The van der Waals surface area contributed by atoms with Crippen LogP contribution in [0.4, 0.5) is 4.79 Å². The number of aliphatic hydroxyl groups excluding tert-OH is 1. The Bertz CT molecular complexity index is 1830. The lowest BCUT2D eigenvalue weighted by molar-refractivity contribution is -0.159. The van der Waals surface area contributed by atoms with E-state index in [0.29, 0.717) is 40.4 Å². The molecule has 3 aromatic carbocycles. The van der Waals surface area contributed by atoms with Crippen LogP contribution >= 0.6 is 0 Å². The number of fused-ring (bicyclic) bond motifs is 5. The number of rotatable bonds is 14. The van der Waals surface area contributed by atoms with Gasteiger partial charge in [0, 0.05) is 22.6 Å². The summed E-state index contributed by atoms with van der Waals surface area (Å²) in [5, 5.41) is 12.8. The summed E-state index contributed by atoms with van der Waals surface area (Å²) in [5.41, 5.74) is 4.38. The maximum absolute atomic E-state index is 15.2. The molecule has 3 aliphatic rings. The lowest BCUT2D eigenvalue weighted by Crippen LogP contribution is -2.68. The molecule has 6 atom stereocenters. The van der Waals surface area contributed by atoms with E-state index < -0.39 is 44.7 Å². The number of carbonyl (C=O) groups excluding carboxylic acids is 2. The fraction of sp³-hybridized carbons (Fsp3) is 0.500. The molecule has 2 fully saturated rings. The fourth-order valence-electron chi connectivity index (χ4n) is 10.1. The van der Waals surface area contributed by atoms with E-state index in [1.54, 1.807) is 30.1 Å². The first-order chi connectivity index (χ1) is 26.3. The highest BCUT2D eigenvalue weighted by Gasteiger charge is 2.63. The van der Waals surface area contributed by atoms with Gasteiger partial charge in [0.15, 0.2) is 19.8 Å². The van der Waals surface area contributed by atoms with Crippen molar-refractivity contribution >= 4 is 20.3 Å². The molecule has 11 heteroatoms.